The maximum Gasteiger partial charge on any atom is 0.120 e. The van der Waals surface area contributed by atoms with Crippen LogP contribution >= 0.6 is 23.2 Å². The van der Waals surface area contributed by atoms with Crippen molar-refractivity contribution in [2.45, 2.75) is 52.5 Å². The zero-order valence-corrected chi connectivity index (χ0v) is 24.5. The first-order valence-electron chi connectivity index (χ1n) is 13.4. The molecule has 4 rings (SSSR count). The number of ether oxygens (including phenoxy) is 1. The molecule has 4 nitrogen and oxygen atoms in total. The zero-order valence-electron chi connectivity index (χ0n) is 22.9. The van der Waals surface area contributed by atoms with Gasteiger partial charge in [-0.3, -0.25) is 0 Å². The van der Waals surface area contributed by atoms with Crippen molar-refractivity contribution in [3.8, 4) is 5.75 Å². The first-order valence-corrected chi connectivity index (χ1v) is 14.1. The summed E-state index contributed by atoms with van der Waals surface area (Å²) in [5.41, 5.74) is 5.59. The molecule has 206 valence electrons. The van der Waals surface area contributed by atoms with Gasteiger partial charge in [-0.1, -0.05) is 78.2 Å². The maximum atomic E-state index is 10.2. The van der Waals surface area contributed by atoms with Crippen LogP contribution in [0.2, 0.25) is 10.0 Å². The highest BCUT2D eigenvalue weighted by atomic mass is 35.5. The molecule has 1 aliphatic rings. The molecule has 0 aromatic heterocycles. The number of rotatable bonds is 9. The number of halogens is 2. The maximum absolute atomic E-state index is 10.2. The Morgan fingerprint density at radius 2 is 1.68 bits per heavy atom. The highest BCUT2D eigenvalue weighted by Gasteiger charge is 2.06. The molecule has 1 unspecified atom stereocenters. The van der Waals surface area contributed by atoms with Crippen LogP contribution in [0.25, 0.3) is 0 Å². The molecule has 1 atom stereocenters. The Hall–Kier alpha value is -2.37. The van der Waals surface area contributed by atoms with Gasteiger partial charge in [0.1, 0.15) is 12.0 Å². The number of benzene rings is 3. The number of para-hydroxylation sites is 1. The molecule has 3 aromatic carbocycles. The zero-order chi connectivity index (χ0) is 27.6. The summed E-state index contributed by atoms with van der Waals surface area (Å²) in [6, 6.07) is 22.2. The number of carbonyl (C=O) groups is 1. The number of fused-ring (bicyclic) bond motifs is 1. The highest BCUT2D eigenvalue weighted by molar-refractivity contribution is 6.42. The van der Waals surface area contributed by atoms with Crippen molar-refractivity contribution in [1.82, 2.24) is 10.6 Å². The van der Waals surface area contributed by atoms with Crippen LogP contribution in [0.3, 0.4) is 0 Å². The molecule has 0 saturated heterocycles. The minimum Gasteiger partial charge on any atom is -0.497 e. The second-order valence-electron chi connectivity index (χ2n) is 9.60. The fourth-order valence-electron chi connectivity index (χ4n) is 4.09. The predicted octanol–water partition coefficient (Wildman–Crippen LogP) is 7.47. The van der Waals surface area contributed by atoms with Crippen LogP contribution in [0.5, 0.6) is 5.75 Å². The lowest BCUT2D eigenvalue weighted by molar-refractivity contribution is -0.108. The summed E-state index contributed by atoms with van der Waals surface area (Å²) in [5.74, 6) is 1.49. The van der Waals surface area contributed by atoms with Crippen LogP contribution in [-0.2, 0) is 24.2 Å². The first kappa shape index (κ1) is 31.8. The van der Waals surface area contributed by atoms with E-state index in [0.717, 1.165) is 56.6 Å². The van der Waals surface area contributed by atoms with Crippen LogP contribution < -0.4 is 15.4 Å². The molecule has 0 spiro atoms. The van der Waals surface area contributed by atoms with E-state index in [1.54, 1.807) is 12.7 Å². The molecule has 1 aliphatic heterocycles. The van der Waals surface area contributed by atoms with E-state index < -0.39 is 0 Å². The van der Waals surface area contributed by atoms with Crippen LogP contribution in [0, 0.1) is 12.8 Å². The summed E-state index contributed by atoms with van der Waals surface area (Å²) >= 11 is 11.8. The van der Waals surface area contributed by atoms with E-state index in [4.69, 9.17) is 27.9 Å². The number of hydrogen-bond donors (Lipinski definition) is 2. The lowest BCUT2D eigenvalue weighted by Gasteiger charge is -2.10. The third-order valence-electron chi connectivity index (χ3n) is 6.39. The summed E-state index contributed by atoms with van der Waals surface area (Å²) in [6.07, 6.45) is 6.08. The largest absolute Gasteiger partial charge is 0.497 e. The van der Waals surface area contributed by atoms with Crippen LogP contribution in [-0.4, -0.2) is 33.0 Å². The van der Waals surface area contributed by atoms with Gasteiger partial charge in [0.25, 0.3) is 0 Å². The Balaban J connectivity index is 0.000000217. The molecule has 0 bridgehead atoms. The van der Waals surface area contributed by atoms with E-state index in [0.29, 0.717) is 22.4 Å². The van der Waals surface area contributed by atoms with E-state index >= 15 is 0 Å². The van der Waals surface area contributed by atoms with E-state index in [1.807, 2.05) is 48.5 Å². The fourth-order valence-corrected chi connectivity index (χ4v) is 4.41. The molecule has 0 amide bonds. The van der Waals surface area contributed by atoms with Crippen molar-refractivity contribution in [2.24, 2.45) is 5.92 Å². The predicted molar refractivity (Wildman–Crippen MR) is 162 cm³/mol. The average molecular weight is 558 g/mol. The SMILES string of the molecule is CC(CCC=O)CCNCc1ccc(Cl)c(Cl)c1.COc1ccccc1.Cc1ccc2c(c1)CCNCC2. The van der Waals surface area contributed by atoms with Gasteiger partial charge in [-0.15, -0.1) is 0 Å². The third-order valence-corrected chi connectivity index (χ3v) is 7.13. The minimum atomic E-state index is 0.580. The van der Waals surface area contributed by atoms with Crippen molar-refractivity contribution in [3.63, 3.8) is 0 Å². The van der Waals surface area contributed by atoms with Gasteiger partial charge >= 0.3 is 0 Å². The van der Waals surface area contributed by atoms with Gasteiger partial charge in [0, 0.05) is 13.0 Å². The van der Waals surface area contributed by atoms with Gasteiger partial charge in [-0.2, -0.15) is 0 Å². The number of nitrogens with one attached hydrogen (secondary N) is 2. The fraction of sp³-hybridized carbons (Fsp3) is 0.406. The van der Waals surface area contributed by atoms with Crippen molar-refractivity contribution in [1.29, 1.82) is 0 Å². The standard InChI is InChI=1S/C14H19Cl2NO.C11H15N.C7H8O/c1-11(3-2-8-18)6-7-17-10-12-4-5-13(15)14(16)9-12;1-9-2-3-10-4-6-12-7-5-11(10)8-9;1-8-7-5-3-2-4-6-7/h4-5,8-9,11,17H,2-3,6-7,10H2,1H3;2-3,8,12H,4-7H2,1H3;2-6H,1H3. The van der Waals surface area contributed by atoms with E-state index in [-0.39, 0.29) is 0 Å². The summed E-state index contributed by atoms with van der Waals surface area (Å²) in [4.78, 5) is 10.2. The molecule has 1 heterocycles. The van der Waals surface area contributed by atoms with Crippen molar-refractivity contribution in [3.05, 3.63) is 99.0 Å². The van der Waals surface area contributed by atoms with Crippen LogP contribution in [0.4, 0.5) is 0 Å². The van der Waals surface area contributed by atoms with Gasteiger partial charge in [0.2, 0.25) is 0 Å². The number of aldehydes is 1. The molecule has 2 N–H and O–H groups in total. The second-order valence-corrected chi connectivity index (χ2v) is 10.4. The van der Waals surface area contributed by atoms with Gasteiger partial charge in [0.15, 0.2) is 0 Å². The second kappa shape index (κ2) is 18.8. The summed E-state index contributed by atoms with van der Waals surface area (Å²) in [7, 11) is 1.66. The molecule has 0 radical (unpaired) electrons. The van der Waals surface area contributed by atoms with E-state index in [2.05, 4.69) is 42.7 Å². The van der Waals surface area contributed by atoms with Gasteiger partial charge in [-0.25, -0.2) is 0 Å². The van der Waals surface area contributed by atoms with Crippen LogP contribution in [0.1, 0.15) is 48.4 Å². The van der Waals surface area contributed by atoms with Crippen LogP contribution in [0.15, 0.2) is 66.7 Å². The first-order chi connectivity index (χ1) is 18.4. The van der Waals surface area contributed by atoms with Crippen molar-refractivity contribution < 1.29 is 9.53 Å². The number of aryl methyl sites for hydroxylation is 1. The Labute approximate surface area is 239 Å². The Kier molecular flexibility index (Phi) is 15.8. The number of hydrogen-bond acceptors (Lipinski definition) is 4. The lowest BCUT2D eigenvalue weighted by atomic mass is 10.0. The van der Waals surface area contributed by atoms with Gasteiger partial charge < -0.3 is 20.2 Å². The highest BCUT2D eigenvalue weighted by Crippen LogP contribution is 2.22. The van der Waals surface area contributed by atoms with Crippen molar-refractivity contribution >= 4 is 29.5 Å². The molecule has 3 aromatic rings. The molecule has 0 aliphatic carbocycles. The topological polar surface area (TPSA) is 50.4 Å². The molecular weight excluding hydrogens is 515 g/mol. The molecule has 38 heavy (non-hydrogen) atoms. The van der Waals surface area contributed by atoms with Gasteiger partial charge in [0.05, 0.1) is 17.2 Å². The Morgan fingerprint density at radius 3 is 2.34 bits per heavy atom. The average Bonchev–Trinajstić information content (AvgIpc) is 3.18. The quantitative estimate of drug-likeness (QED) is 0.212. The summed E-state index contributed by atoms with van der Waals surface area (Å²) < 4.78 is 4.91. The third kappa shape index (κ3) is 12.9. The Morgan fingerprint density at radius 1 is 0.947 bits per heavy atom. The summed E-state index contributed by atoms with van der Waals surface area (Å²) in [5, 5.41) is 7.96. The number of methoxy groups -OCH3 is 1. The minimum absolute atomic E-state index is 0.580. The smallest absolute Gasteiger partial charge is 0.120 e. The van der Waals surface area contributed by atoms with Crippen molar-refractivity contribution in [2.75, 3.05) is 26.7 Å². The summed E-state index contributed by atoms with van der Waals surface area (Å²) in [6.45, 7) is 8.34. The lowest BCUT2D eigenvalue weighted by Crippen LogP contribution is -2.17. The molecule has 6 heteroatoms. The molecular formula is C32H42Cl2N2O2. The van der Waals surface area contributed by atoms with E-state index in [1.165, 1.54) is 24.0 Å². The molecule has 0 fully saturated rings. The normalized spacial score (nSPS) is 13.0. The van der Waals surface area contributed by atoms with Gasteiger partial charge in [-0.05, 0) is 99.1 Å². The molecule has 0 saturated carbocycles. The monoisotopic (exact) mass is 556 g/mol. The Bertz CT molecular complexity index is 1080. The number of carbonyl (C=O) groups excluding carboxylic acids is 1. The van der Waals surface area contributed by atoms with E-state index in [9.17, 15) is 4.79 Å².